The molecule has 0 radical (unpaired) electrons. The first-order valence-electron chi connectivity index (χ1n) is 6.40. The van der Waals surface area contributed by atoms with Crippen LogP contribution in [0.5, 0.6) is 0 Å². The number of aromatic nitrogens is 1. The average Bonchev–Trinajstić information content (AvgIpc) is 2.95. The second-order valence-corrected chi connectivity index (χ2v) is 5.25. The van der Waals surface area contributed by atoms with Gasteiger partial charge in [-0.1, -0.05) is 28.1 Å². The van der Waals surface area contributed by atoms with Gasteiger partial charge in [-0.15, -0.1) is 0 Å². The van der Waals surface area contributed by atoms with E-state index in [0.29, 0.717) is 5.69 Å². The van der Waals surface area contributed by atoms with Gasteiger partial charge in [0, 0.05) is 17.1 Å². The predicted molar refractivity (Wildman–Crippen MR) is 84.0 cm³/mol. The zero-order chi connectivity index (χ0) is 15.2. The highest BCUT2D eigenvalue weighted by molar-refractivity contribution is 9.09. The zero-order valence-corrected chi connectivity index (χ0v) is 12.7. The number of nitrogens with zero attached hydrogens (tertiary/aromatic N) is 1. The van der Waals surface area contributed by atoms with Crippen molar-refractivity contribution in [1.29, 1.82) is 0 Å². The summed E-state index contributed by atoms with van der Waals surface area (Å²) in [6, 6.07) is 10.2. The molecule has 7 heteroatoms. The van der Waals surface area contributed by atoms with Crippen LogP contribution < -0.4 is 5.32 Å². The third-order valence-corrected chi connectivity index (χ3v) is 3.46. The van der Waals surface area contributed by atoms with E-state index in [1.807, 2.05) is 18.2 Å². The van der Waals surface area contributed by atoms with Crippen molar-refractivity contribution in [1.82, 2.24) is 4.98 Å². The van der Waals surface area contributed by atoms with Crippen molar-refractivity contribution in [2.45, 2.75) is 12.8 Å². The Balaban J connectivity index is 2.06. The predicted octanol–water partition coefficient (Wildman–Crippen LogP) is 3.50. The molecule has 0 saturated heterocycles. The van der Waals surface area contributed by atoms with Crippen LogP contribution in [0.1, 0.15) is 22.5 Å². The van der Waals surface area contributed by atoms with E-state index in [1.165, 1.54) is 12.1 Å². The maximum absolute atomic E-state index is 12.0. The van der Waals surface area contributed by atoms with Crippen LogP contribution in [0.4, 0.5) is 11.5 Å². The number of hydrogen-bond donors (Lipinski definition) is 2. The second-order valence-electron chi connectivity index (χ2n) is 4.46. The van der Waals surface area contributed by atoms with Crippen LogP contribution in [0.25, 0.3) is 0 Å². The number of aromatic amines is 1. The van der Waals surface area contributed by atoms with Crippen molar-refractivity contribution < 1.29 is 9.72 Å². The quantitative estimate of drug-likeness (QED) is 0.474. The van der Waals surface area contributed by atoms with Gasteiger partial charge < -0.3 is 15.4 Å². The minimum absolute atomic E-state index is 0.160. The molecule has 1 aromatic heterocycles. The van der Waals surface area contributed by atoms with E-state index in [1.54, 1.807) is 6.07 Å². The third-order valence-electron chi connectivity index (χ3n) is 2.90. The van der Waals surface area contributed by atoms with Crippen molar-refractivity contribution in [3.8, 4) is 0 Å². The van der Waals surface area contributed by atoms with Gasteiger partial charge >= 0.3 is 5.82 Å². The number of rotatable bonds is 6. The summed E-state index contributed by atoms with van der Waals surface area (Å²) in [5.41, 5.74) is 1.96. The first-order chi connectivity index (χ1) is 10.1. The molecule has 0 bridgehead atoms. The number of hydrogen-bond acceptors (Lipinski definition) is 3. The first kappa shape index (κ1) is 15.2. The smallest absolute Gasteiger partial charge is 0.321 e. The van der Waals surface area contributed by atoms with E-state index in [2.05, 4.69) is 26.2 Å². The minimum atomic E-state index is -0.572. The van der Waals surface area contributed by atoms with E-state index in [4.69, 9.17) is 0 Å². The number of alkyl halides is 1. The summed E-state index contributed by atoms with van der Waals surface area (Å²) >= 11 is 3.38. The van der Waals surface area contributed by atoms with Crippen LogP contribution >= 0.6 is 15.9 Å². The van der Waals surface area contributed by atoms with Crippen molar-refractivity contribution in [3.63, 3.8) is 0 Å². The fourth-order valence-electron chi connectivity index (χ4n) is 1.90. The molecule has 0 saturated carbocycles. The number of benzene rings is 1. The summed E-state index contributed by atoms with van der Waals surface area (Å²) in [6.45, 7) is 0. The molecule has 2 N–H and O–H groups in total. The van der Waals surface area contributed by atoms with Crippen LogP contribution in [-0.2, 0) is 6.42 Å². The molecule has 0 fully saturated rings. The number of anilines is 1. The molecule has 1 aromatic carbocycles. The topological polar surface area (TPSA) is 88.0 Å². The Bertz CT molecular complexity index is 654. The van der Waals surface area contributed by atoms with Crippen LogP contribution in [0.3, 0.4) is 0 Å². The molecule has 6 nitrogen and oxygen atoms in total. The summed E-state index contributed by atoms with van der Waals surface area (Å²) in [7, 11) is 0. The van der Waals surface area contributed by atoms with Crippen LogP contribution in [0, 0.1) is 10.1 Å². The number of amides is 1. The molecule has 2 rings (SSSR count). The second kappa shape index (κ2) is 7.03. The van der Waals surface area contributed by atoms with E-state index in [0.717, 1.165) is 23.7 Å². The number of nitro groups is 1. The molecule has 0 unspecified atom stereocenters. The Morgan fingerprint density at radius 2 is 2.14 bits per heavy atom. The zero-order valence-electron chi connectivity index (χ0n) is 11.1. The Morgan fingerprint density at radius 1 is 1.33 bits per heavy atom. The van der Waals surface area contributed by atoms with Gasteiger partial charge in [-0.3, -0.25) is 4.79 Å². The van der Waals surface area contributed by atoms with Crippen LogP contribution in [0.2, 0.25) is 0 Å². The van der Waals surface area contributed by atoms with Gasteiger partial charge in [-0.25, -0.2) is 4.98 Å². The largest absolute Gasteiger partial charge is 0.358 e. The highest BCUT2D eigenvalue weighted by Gasteiger charge is 2.15. The monoisotopic (exact) mass is 351 g/mol. The first-order valence-corrected chi connectivity index (χ1v) is 7.52. The Labute approximate surface area is 129 Å². The van der Waals surface area contributed by atoms with E-state index in [9.17, 15) is 14.9 Å². The molecule has 2 aromatic rings. The van der Waals surface area contributed by atoms with Gasteiger partial charge in [0.1, 0.15) is 0 Å². The number of H-pyrrole nitrogens is 1. The highest BCUT2D eigenvalue weighted by Crippen LogP contribution is 2.15. The minimum Gasteiger partial charge on any atom is -0.358 e. The molecule has 0 aliphatic heterocycles. The molecule has 1 heterocycles. The van der Waals surface area contributed by atoms with Crippen LogP contribution in [-0.4, -0.2) is 21.1 Å². The van der Waals surface area contributed by atoms with Gasteiger partial charge in [-0.05, 0) is 41.5 Å². The molecule has 0 atom stereocenters. The summed E-state index contributed by atoms with van der Waals surface area (Å²) < 4.78 is 0. The molecule has 0 aliphatic rings. The Hall–Kier alpha value is -2.15. The number of carbonyl (C=O) groups is 1. The summed E-state index contributed by atoms with van der Waals surface area (Å²) in [5, 5.41) is 14.2. The van der Waals surface area contributed by atoms with E-state index < -0.39 is 10.8 Å². The molecule has 110 valence electrons. The highest BCUT2D eigenvalue weighted by atomic mass is 79.9. The number of halogens is 1. The number of aryl methyl sites for hydroxylation is 1. The lowest BCUT2D eigenvalue weighted by Crippen LogP contribution is -2.12. The standard InChI is InChI=1S/C14H14BrN3O3/c15-8-2-4-10-3-1-5-11(9-10)16-14(19)12-6-7-13(17-12)18(20)21/h1,3,5-7,9,17H,2,4,8H2,(H,16,19). The van der Waals surface area contributed by atoms with Crippen molar-refractivity contribution >= 4 is 33.3 Å². The molecule has 21 heavy (non-hydrogen) atoms. The van der Waals surface area contributed by atoms with Gasteiger partial charge in [0.2, 0.25) is 0 Å². The molecule has 1 amide bonds. The lowest BCUT2D eigenvalue weighted by atomic mass is 10.1. The Kier molecular flexibility index (Phi) is 5.10. The summed E-state index contributed by atoms with van der Waals surface area (Å²) in [6.07, 6.45) is 1.93. The molecular formula is C14H14BrN3O3. The van der Waals surface area contributed by atoms with Gasteiger partial charge in [0.25, 0.3) is 5.91 Å². The van der Waals surface area contributed by atoms with Gasteiger partial charge in [0.05, 0.1) is 0 Å². The van der Waals surface area contributed by atoms with Crippen molar-refractivity contribution in [2.75, 3.05) is 10.6 Å². The summed E-state index contributed by atoms with van der Waals surface area (Å²) in [4.78, 5) is 24.5. The summed E-state index contributed by atoms with van der Waals surface area (Å²) in [5.74, 6) is -0.605. The Morgan fingerprint density at radius 3 is 2.81 bits per heavy atom. The van der Waals surface area contributed by atoms with E-state index in [-0.39, 0.29) is 11.5 Å². The molecule has 0 spiro atoms. The third kappa shape index (κ3) is 4.16. The SMILES string of the molecule is O=C(Nc1cccc(CCCBr)c1)c1ccc([N+](=O)[O-])[nH]1. The van der Waals surface area contributed by atoms with Gasteiger partial charge in [0.15, 0.2) is 5.69 Å². The number of carbonyl (C=O) groups excluding carboxylic acids is 1. The van der Waals surface area contributed by atoms with Crippen molar-refractivity contribution in [2.24, 2.45) is 0 Å². The molecule has 0 aliphatic carbocycles. The maximum atomic E-state index is 12.0. The fraction of sp³-hybridized carbons (Fsp3) is 0.214. The normalized spacial score (nSPS) is 10.3. The lowest BCUT2D eigenvalue weighted by molar-refractivity contribution is -0.389. The van der Waals surface area contributed by atoms with E-state index >= 15 is 0 Å². The van der Waals surface area contributed by atoms with Gasteiger partial charge in [-0.2, -0.15) is 0 Å². The fourth-order valence-corrected chi connectivity index (χ4v) is 2.18. The maximum Gasteiger partial charge on any atom is 0.321 e. The average molecular weight is 352 g/mol. The number of nitrogens with one attached hydrogen (secondary N) is 2. The van der Waals surface area contributed by atoms with Crippen LogP contribution in [0.15, 0.2) is 36.4 Å². The molecular weight excluding hydrogens is 338 g/mol. The lowest BCUT2D eigenvalue weighted by Gasteiger charge is -2.05. The van der Waals surface area contributed by atoms with Crippen molar-refractivity contribution in [3.05, 3.63) is 57.8 Å².